The van der Waals surface area contributed by atoms with E-state index in [1.54, 1.807) is 6.07 Å². The predicted molar refractivity (Wildman–Crippen MR) is 112 cm³/mol. The molecule has 33 heavy (non-hydrogen) atoms. The number of rotatable bonds is 8. The second-order valence-electron chi connectivity index (χ2n) is 6.67. The molecule has 3 aromatic rings. The number of nitrogens with one attached hydrogen (secondary N) is 3. The Morgan fingerprint density at radius 3 is 2.24 bits per heavy atom. The lowest BCUT2D eigenvalue weighted by Gasteiger charge is -2.14. The number of alkyl halides is 3. The monoisotopic (exact) mass is 481 g/mol. The van der Waals surface area contributed by atoms with Gasteiger partial charge >= 0.3 is 6.18 Å². The van der Waals surface area contributed by atoms with Crippen molar-refractivity contribution in [2.45, 2.75) is 11.1 Å². The average Bonchev–Trinajstić information content (AvgIpc) is 3.31. The minimum Gasteiger partial charge on any atom is -0.459 e. The zero-order valence-electron chi connectivity index (χ0n) is 16.8. The molecule has 3 N–H and O–H groups in total. The quantitative estimate of drug-likeness (QED) is 0.427. The Morgan fingerprint density at radius 2 is 1.58 bits per heavy atom. The first kappa shape index (κ1) is 23.9. The highest BCUT2D eigenvalue weighted by Gasteiger charge is 2.31. The molecule has 0 atom stereocenters. The van der Waals surface area contributed by atoms with Gasteiger partial charge in [-0.05, 0) is 42.5 Å². The number of halogens is 3. The van der Waals surface area contributed by atoms with Crippen molar-refractivity contribution in [1.29, 1.82) is 0 Å². The van der Waals surface area contributed by atoms with Gasteiger partial charge in [0.1, 0.15) is 0 Å². The van der Waals surface area contributed by atoms with Crippen LogP contribution >= 0.6 is 0 Å². The maximum atomic E-state index is 12.9. The number of carbonyl (C=O) groups excluding carboxylic acids is 2. The number of para-hydroxylation sites is 1. The van der Waals surface area contributed by atoms with E-state index in [4.69, 9.17) is 4.42 Å². The summed E-state index contributed by atoms with van der Waals surface area (Å²) in [5.74, 6) is -1.01. The van der Waals surface area contributed by atoms with E-state index < -0.39 is 38.5 Å². The summed E-state index contributed by atoms with van der Waals surface area (Å²) in [7, 11) is -4.41. The Hall–Kier alpha value is -3.80. The Balaban J connectivity index is 1.67. The molecule has 1 aromatic heterocycles. The predicted octanol–water partition coefficient (Wildman–Crippen LogP) is 3.26. The van der Waals surface area contributed by atoms with Crippen LogP contribution in [0.15, 0.2) is 76.2 Å². The lowest BCUT2D eigenvalue weighted by Crippen LogP contribution is -2.35. The first-order chi connectivity index (χ1) is 15.6. The molecule has 0 fully saturated rings. The number of hydrogen-bond donors (Lipinski definition) is 3. The summed E-state index contributed by atoms with van der Waals surface area (Å²) in [6.07, 6.45) is -3.37. The first-order valence-electron chi connectivity index (χ1n) is 9.47. The highest BCUT2D eigenvalue weighted by atomic mass is 32.2. The van der Waals surface area contributed by atoms with E-state index in [1.165, 1.54) is 36.6 Å². The number of carbonyl (C=O) groups is 2. The average molecular weight is 481 g/mol. The summed E-state index contributed by atoms with van der Waals surface area (Å²) in [6.45, 7) is 0.101. The van der Waals surface area contributed by atoms with Crippen LogP contribution in [-0.4, -0.2) is 33.3 Å². The number of furan rings is 1. The van der Waals surface area contributed by atoms with Crippen LogP contribution in [0.25, 0.3) is 0 Å². The van der Waals surface area contributed by atoms with Gasteiger partial charge in [-0.15, -0.1) is 0 Å². The van der Waals surface area contributed by atoms with Gasteiger partial charge in [-0.3, -0.25) is 14.3 Å². The second-order valence-corrected chi connectivity index (χ2v) is 8.35. The highest BCUT2D eigenvalue weighted by molar-refractivity contribution is 7.92. The number of amides is 2. The molecular formula is C21H18F3N3O5S. The molecule has 0 bridgehead atoms. The molecule has 0 saturated carbocycles. The molecule has 2 aromatic carbocycles. The highest BCUT2D eigenvalue weighted by Crippen LogP contribution is 2.31. The molecule has 3 rings (SSSR count). The zero-order valence-corrected chi connectivity index (χ0v) is 17.7. The van der Waals surface area contributed by atoms with Gasteiger partial charge in [-0.2, -0.15) is 13.2 Å². The lowest BCUT2D eigenvalue weighted by molar-refractivity contribution is -0.137. The van der Waals surface area contributed by atoms with E-state index in [2.05, 4.69) is 15.4 Å². The Kier molecular flexibility index (Phi) is 7.07. The van der Waals surface area contributed by atoms with E-state index in [0.717, 1.165) is 18.2 Å². The molecule has 174 valence electrons. The van der Waals surface area contributed by atoms with Crippen molar-refractivity contribution in [3.8, 4) is 0 Å². The van der Waals surface area contributed by atoms with Gasteiger partial charge in [0.2, 0.25) is 0 Å². The molecule has 0 aliphatic carbocycles. The summed E-state index contributed by atoms with van der Waals surface area (Å²) in [5.41, 5.74) is -1.29. The molecule has 0 unspecified atom stereocenters. The molecule has 8 nitrogen and oxygen atoms in total. The topological polar surface area (TPSA) is 118 Å². The van der Waals surface area contributed by atoms with E-state index in [1.807, 2.05) is 0 Å². The maximum Gasteiger partial charge on any atom is 0.416 e. The van der Waals surface area contributed by atoms with Gasteiger partial charge in [0.15, 0.2) is 5.76 Å². The Labute approximate surface area is 186 Å². The van der Waals surface area contributed by atoms with Crippen molar-refractivity contribution in [3.63, 3.8) is 0 Å². The summed E-state index contributed by atoms with van der Waals surface area (Å²) in [4.78, 5) is 23.7. The zero-order chi connectivity index (χ0) is 24.1. The molecule has 0 aliphatic rings. The molecule has 0 spiro atoms. The Morgan fingerprint density at radius 1 is 0.879 bits per heavy atom. The second kappa shape index (κ2) is 9.77. The smallest absolute Gasteiger partial charge is 0.416 e. The lowest BCUT2D eigenvalue weighted by atomic mass is 10.1. The van der Waals surface area contributed by atoms with Crippen LogP contribution < -0.4 is 15.4 Å². The van der Waals surface area contributed by atoms with Gasteiger partial charge in [0.05, 0.1) is 28.0 Å². The van der Waals surface area contributed by atoms with Crippen molar-refractivity contribution >= 4 is 27.5 Å². The fraction of sp³-hybridized carbons (Fsp3) is 0.143. The van der Waals surface area contributed by atoms with Crippen LogP contribution in [0.1, 0.15) is 26.5 Å². The van der Waals surface area contributed by atoms with Crippen LogP contribution in [0.5, 0.6) is 0 Å². The summed E-state index contributed by atoms with van der Waals surface area (Å²) >= 11 is 0. The molecule has 2 amide bonds. The third-order valence-electron chi connectivity index (χ3n) is 4.33. The van der Waals surface area contributed by atoms with E-state index >= 15 is 0 Å². The largest absolute Gasteiger partial charge is 0.459 e. The third kappa shape index (κ3) is 6.13. The summed E-state index contributed by atoms with van der Waals surface area (Å²) < 4.78 is 71.2. The maximum absolute atomic E-state index is 12.9. The molecular weight excluding hydrogens is 463 g/mol. The summed E-state index contributed by atoms with van der Waals surface area (Å²) in [6, 6.07) is 11.9. The molecule has 0 aliphatic heterocycles. The minimum absolute atomic E-state index is 0.0278. The van der Waals surface area contributed by atoms with E-state index in [9.17, 15) is 31.2 Å². The summed E-state index contributed by atoms with van der Waals surface area (Å²) in [5, 5.41) is 5.06. The van der Waals surface area contributed by atoms with Gasteiger partial charge in [0.25, 0.3) is 21.8 Å². The van der Waals surface area contributed by atoms with Gasteiger partial charge in [0, 0.05) is 13.1 Å². The minimum atomic E-state index is -4.71. The molecule has 0 saturated heterocycles. The van der Waals surface area contributed by atoms with Gasteiger partial charge < -0.3 is 15.1 Å². The van der Waals surface area contributed by atoms with E-state index in [0.29, 0.717) is 6.07 Å². The van der Waals surface area contributed by atoms with E-state index in [-0.39, 0.29) is 30.1 Å². The number of anilines is 1. The number of sulfonamides is 1. The third-order valence-corrected chi connectivity index (χ3v) is 5.69. The molecule has 0 radical (unpaired) electrons. The fourth-order valence-corrected chi connectivity index (χ4v) is 3.88. The standard InChI is InChI=1S/C21H18F3N3O5S/c22-21(23,24)14-5-3-6-15(13-14)33(30,31)27-17-8-2-1-7-16(17)19(28)25-10-11-26-20(29)18-9-4-12-32-18/h1-9,12-13,27H,10-11H2,(H,25,28)(H,26,29). The van der Waals surface area contributed by atoms with Crippen molar-refractivity contribution in [2.75, 3.05) is 17.8 Å². The van der Waals surface area contributed by atoms with Gasteiger partial charge in [-0.25, -0.2) is 8.42 Å². The van der Waals surface area contributed by atoms with Crippen molar-refractivity contribution in [3.05, 3.63) is 83.8 Å². The van der Waals surface area contributed by atoms with Crippen molar-refractivity contribution < 1.29 is 35.6 Å². The SMILES string of the molecule is O=C(NCCNC(=O)c1ccccc1NS(=O)(=O)c1cccc(C(F)(F)F)c1)c1ccco1. The fourth-order valence-electron chi connectivity index (χ4n) is 2.76. The van der Waals surface area contributed by atoms with Crippen LogP contribution in [0.4, 0.5) is 18.9 Å². The first-order valence-corrected chi connectivity index (χ1v) is 11.0. The van der Waals surface area contributed by atoms with Crippen LogP contribution in [0.3, 0.4) is 0 Å². The van der Waals surface area contributed by atoms with Crippen molar-refractivity contribution in [1.82, 2.24) is 10.6 Å². The Bertz CT molecular complexity index is 1240. The normalized spacial score (nSPS) is 11.6. The van der Waals surface area contributed by atoms with Crippen LogP contribution in [0, 0.1) is 0 Å². The van der Waals surface area contributed by atoms with Crippen LogP contribution in [0.2, 0.25) is 0 Å². The van der Waals surface area contributed by atoms with Gasteiger partial charge in [-0.1, -0.05) is 18.2 Å². The van der Waals surface area contributed by atoms with Crippen LogP contribution in [-0.2, 0) is 16.2 Å². The number of benzene rings is 2. The molecule has 1 heterocycles. The molecule has 12 heteroatoms. The van der Waals surface area contributed by atoms with Crippen molar-refractivity contribution in [2.24, 2.45) is 0 Å². The number of hydrogen-bond acceptors (Lipinski definition) is 5.